The molecule has 0 saturated carbocycles. The first kappa shape index (κ1) is 14.0. The summed E-state index contributed by atoms with van der Waals surface area (Å²) in [5.41, 5.74) is 1.15. The summed E-state index contributed by atoms with van der Waals surface area (Å²) >= 11 is 1.73. The summed E-state index contributed by atoms with van der Waals surface area (Å²) in [7, 11) is 0. The number of benzene rings is 1. The number of aromatic nitrogens is 1. The minimum Gasteiger partial charge on any atom is -0.508 e. The molecule has 0 saturated heterocycles. The van der Waals surface area contributed by atoms with Crippen LogP contribution >= 0.6 is 11.3 Å². The van der Waals surface area contributed by atoms with Crippen molar-refractivity contribution in [3.8, 4) is 5.75 Å². The Morgan fingerprint density at radius 3 is 2.79 bits per heavy atom. The number of nitrogens with zero attached hydrogens (tertiary/aromatic N) is 1. The Bertz CT molecular complexity index is 538. The first-order chi connectivity index (χ1) is 9.04. The van der Waals surface area contributed by atoms with Crippen LogP contribution in [0.2, 0.25) is 0 Å². The summed E-state index contributed by atoms with van der Waals surface area (Å²) in [6, 6.07) is 8.09. The molecule has 2 atom stereocenters. The van der Waals surface area contributed by atoms with Crippen molar-refractivity contribution in [3.63, 3.8) is 0 Å². The van der Waals surface area contributed by atoms with Crippen molar-refractivity contribution in [2.45, 2.75) is 39.3 Å². The van der Waals surface area contributed by atoms with Gasteiger partial charge < -0.3 is 10.4 Å². The Kier molecular flexibility index (Phi) is 4.56. The summed E-state index contributed by atoms with van der Waals surface area (Å²) in [4.78, 5) is 5.55. The molecule has 19 heavy (non-hydrogen) atoms. The fraction of sp³-hybridized carbons (Fsp3) is 0.400. The minimum atomic E-state index is 0.304. The van der Waals surface area contributed by atoms with E-state index in [1.54, 1.807) is 17.4 Å². The second-order valence-corrected chi connectivity index (χ2v) is 6.21. The van der Waals surface area contributed by atoms with Gasteiger partial charge in [0.25, 0.3) is 0 Å². The van der Waals surface area contributed by atoms with Gasteiger partial charge in [-0.3, -0.25) is 0 Å². The molecule has 2 aromatic rings. The number of phenolic OH excluding ortho intramolecular Hbond substituents is 1. The SMILES string of the molecule is Cc1ncc(C(C)NC(C)Cc2cccc(O)c2)s1. The van der Waals surface area contributed by atoms with Crippen LogP contribution in [0.4, 0.5) is 0 Å². The van der Waals surface area contributed by atoms with Crippen LogP contribution in [0.3, 0.4) is 0 Å². The molecule has 2 unspecified atom stereocenters. The third kappa shape index (κ3) is 4.04. The van der Waals surface area contributed by atoms with E-state index in [4.69, 9.17) is 0 Å². The number of phenols is 1. The number of hydrogen-bond acceptors (Lipinski definition) is 4. The first-order valence-electron chi connectivity index (χ1n) is 6.51. The summed E-state index contributed by atoms with van der Waals surface area (Å²) in [6.45, 7) is 6.34. The van der Waals surface area contributed by atoms with Crippen molar-refractivity contribution in [1.82, 2.24) is 10.3 Å². The first-order valence-corrected chi connectivity index (χ1v) is 7.32. The third-order valence-electron chi connectivity index (χ3n) is 3.05. The van der Waals surface area contributed by atoms with Crippen molar-refractivity contribution < 1.29 is 5.11 Å². The van der Waals surface area contributed by atoms with Crippen LogP contribution in [0.15, 0.2) is 30.5 Å². The Balaban J connectivity index is 1.92. The summed E-state index contributed by atoms with van der Waals surface area (Å²) in [6.07, 6.45) is 2.84. The molecule has 0 amide bonds. The van der Waals surface area contributed by atoms with Crippen LogP contribution < -0.4 is 5.32 Å². The molecule has 0 aliphatic heterocycles. The average Bonchev–Trinajstić information content (AvgIpc) is 2.75. The number of aryl methyl sites for hydroxylation is 1. The van der Waals surface area contributed by atoms with Gasteiger partial charge in [0.15, 0.2) is 0 Å². The molecule has 4 heteroatoms. The lowest BCUT2D eigenvalue weighted by Gasteiger charge is -2.19. The fourth-order valence-electron chi connectivity index (χ4n) is 2.18. The average molecular weight is 276 g/mol. The molecular weight excluding hydrogens is 256 g/mol. The Labute approximate surface area is 118 Å². The van der Waals surface area contributed by atoms with Gasteiger partial charge in [-0.25, -0.2) is 4.98 Å². The second-order valence-electron chi connectivity index (χ2n) is 4.95. The van der Waals surface area contributed by atoms with Crippen molar-refractivity contribution >= 4 is 11.3 Å². The topological polar surface area (TPSA) is 45.2 Å². The summed E-state index contributed by atoms with van der Waals surface area (Å²) in [5.74, 6) is 0.329. The van der Waals surface area contributed by atoms with Crippen molar-refractivity contribution in [2.75, 3.05) is 0 Å². The molecular formula is C15H20N2OS. The van der Waals surface area contributed by atoms with Crippen LogP contribution in [-0.2, 0) is 6.42 Å². The highest BCUT2D eigenvalue weighted by Gasteiger charge is 2.12. The number of thiazole rings is 1. The van der Waals surface area contributed by atoms with Gasteiger partial charge >= 0.3 is 0 Å². The molecule has 0 bridgehead atoms. The Hall–Kier alpha value is -1.39. The van der Waals surface area contributed by atoms with Crippen molar-refractivity contribution in [3.05, 3.63) is 45.9 Å². The molecule has 0 aliphatic rings. The van der Waals surface area contributed by atoms with Gasteiger partial charge in [0.1, 0.15) is 5.75 Å². The maximum absolute atomic E-state index is 9.46. The lowest BCUT2D eigenvalue weighted by Crippen LogP contribution is -2.30. The maximum Gasteiger partial charge on any atom is 0.115 e. The quantitative estimate of drug-likeness (QED) is 0.879. The van der Waals surface area contributed by atoms with Crippen molar-refractivity contribution in [1.29, 1.82) is 0 Å². The van der Waals surface area contributed by atoms with Crippen LogP contribution in [0.25, 0.3) is 0 Å². The second kappa shape index (κ2) is 6.17. The van der Waals surface area contributed by atoms with E-state index >= 15 is 0 Å². The molecule has 0 fully saturated rings. The number of nitrogens with one attached hydrogen (secondary N) is 1. The molecule has 0 aliphatic carbocycles. The van der Waals surface area contributed by atoms with Gasteiger partial charge in [-0.05, 0) is 44.9 Å². The largest absolute Gasteiger partial charge is 0.508 e. The van der Waals surface area contributed by atoms with Crippen molar-refractivity contribution in [2.24, 2.45) is 0 Å². The lowest BCUT2D eigenvalue weighted by atomic mass is 10.1. The molecule has 1 aromatic carbocycles. The number of rotatable bonds is 5. The van der Waals surface area contributed by atoms with E-state index < -0.39 is 0 Å². The molecule has 2 rings (SSSR count). The van der Waals surface area contributed by atoms with Gasteiger partial charge in [-0.1, -0.05) is 12.1 Å². The van der Waals surface area contributed by atoms with Gasteiger partial charge in [-0.2, -0.15) is 0 Å². The monoisotopic (exact) mass is 276 g/mol. The maximum atomic E-state index is 9.46. The van der Waals surface area contributed by atoms with Crippen LogP contribution in [0.5, 0.6) is 5.75 Å². The van der Waals surface area contributed by atoms with Gasteiger partial charge in [0.2, 0.25) is 0 Å². The Morgan fingerprint density at radius 1 is 1.37 bits per heavy atom. The lowest BCUT2D eigenvalue weighted by molar-refractivity contribution is 0.468. The zero-order valence-electron chi connectivity index (χ0n) is 11.6. The van der Waals surface area contributed by atoms with Crippen LogP contribution in [0.1, 0.15) is 35.3 Å². The number of aromatic hydroxyl groups is 1. The highest BCUT2D eigenvalue weighted by atomic mass is 32.1. The highest BCUT2D eigenvalue weighted by Crippen LogP contribution is 2.21. The van der Waals surface area contributed by atoms with E-state index in [0.29, 0.717) is 17.8 Å². The Morgan fingerprint density at radius 2 is 2.16 bits per heavy atom. The minimum absolute atomic E-state index is 0.304. The van der Waals surface area contributed by atoms with E-state index in [-0.39, 0.29) is 0 Å². The van der Waals surface area contributed by atoms with Gasteiger partial charge in [0, 0.05) is 23.2 Å². The van der Waals surface area contributed by atoms with E-state index in [9.17, 15) is 5.11 Å². The molecule has 3 nitrogen and oxygen atoms in total. The van der Waals surface area contributed by atoms with Crippen LogP contribution in [-0.4, -0.2) is 16.1 Å². The van der Waals surface area contributed by atoms with E-state index in [1.165, 1.54) is 4.88 Å². The smallest absolute Gasteiger partial charge is 0.115 e. The predicted octanol–water partition coefficient (Wildman–Crippen LogP) is 3.44. The predicted molar refractivity (Wildman–Crippen MR) is 79.7 cm³/mol. The fourth-order valence-corrected chi connectivity index (χ4v) is 2.98. The zero-order chi connectivity index (χ0) is 13.8. The molecule has 1 aromatic heterocycles. The number of hydrogen-bond donors (Lipinski definition) is 2. The van der Waals surface area contributed by atoms with E-state index in [0.717, 1.165) is 17.0 Å². The summed E-state index contributed by atoms with van der Waals surface area (Å²) < 4.78 is 0. The molecule has 0 radical (unpaired) electrons. The van der Waals surface area contributed by atoms with E-state index in [1.807, 2.05) is 31.3 Å². The highest BCUT2D eigenvalue weighted by molar-refractivity contribution is 7.11. The molecule has 102 valence electrons. The van der Waals surface area contributed by atoms with Gasteiger partial charge in [0.05, 0.1) is 5.01 Å². The zero-order valence-corrected chi connectivity index (χ0v) is 12.4. The normalized spacial score (nSPS) is 14.3. The van der Waals surface area contributed by atoms with Gasteiger partial charge in [-0.15, -0.1) is 11.3 Å². The van der Waals surface area contributed by atoms with Crippen LogP contribution in [0, 0.1) is 6.92 Å². The summed E-state index contributed by atoms with van der Waals surface area (Å²) in [5, 5.41) is 14.1. The molecule has 2 N–H and O–H groups in total. The van der Waals surface area contributed by atoms with E-state index in [2.05, 4.69) is 24.1 Å². The standard InChI is InChI=1S/C15H20N2OS/c1-10(7-13-5-4-6-14(18)8-13)17-11(2)15-9-16-12(3)19-15/h4-6,8-11,17-18H,7H2,1-3H3. The third-order valence-corrected chi connectivity index (χ3v) is 4.15. The molecule has 0 spiro atoms. The molecule has 1 heterocycles.